The smallest absolute Gasteiger partial charge is 0.257 e. The number of nitrogens with zero attached hydrogens (tertiary/aromatic N) is 2. The number of pyridine rings is 1. The Kier molecular flexibility index (Phi) is 5.24. The normalized spacial score (nSPS) is 14.5. The van der Waals surface area contributed by atoms with E-state index < -0.39 is 10.0 Å². The molecule has 0 saturated heterocycles. The number of fused-ring (bicyclic) bond motifs is 1. The molecule has 1 aromatic carbocycles. The highest BCUT2D eigenvalue weighted by Crippen LogP contribution is 2.27. The molecule has 2 heterocycles. The summed E-state index contributed by atoms with van der Waals surface area (Å²) in [6.45, 7) is 2.96. The number of nitrogens with one attached hydrogen (secondary N) is 1. The van der Waals surface area contributed by atoms with E-state index in [1.165, 1.54) is 16.8 Å². The van der Waals surface area contributed by atoms with Gasteiger partial charge >= 0.3 is 0 Å². The molecule has 8 heteroatoms. The van der Waals surface area contributed by atoms with E-state index in [-0.39, 0.29) is 12.5 Å². The van der Waals surface area contributed by atoms with Crippen LogP contribution in [-0.4, -0.2) is 43.0 Å². The van der Waals surface area contributed by atoms with E-state index in [4.69, 9.17) is 4.74 Å². The van der Waals surface area contributed by atoms with Gasteiger partial charge in [0.25, 0.3) is 5.91 Å². The molecule has 0 radical (unpaired) electrons. The second-order valence-corrected chi connectivity index (χ2v) is 8.04. The van der Waals surface area contributed by atoms with Crippen molar-refractivity contribution in [3.8, 4) is 5.75 Å². The van der Waals surface area contributed by atoms with Crippen LogP contribution in [0.2, 0.25) is 0 Å². The summed E-state index contributed by atoms with van der Waals surface area (Å²) in [6, 6.07) is 7.23. The molecule has 1 N–H and O–H groups in total. The van der Waals surface area contributed by atoms with E-state index in [2.05, 4.69) is 10.3 Å². The summed E-state index contributed by atoms with van der Waals surface area (Å²) in [4.78, 5) is 16.9. The lowest BCUT2D eigenvalue weighted by atomic mass is 9.98. The molecule has 3 rings (SSSR count). The van der Waals surface area contributed by atoms with Crippen molar-refractivity contribution in [2.45, 2.75) is 19.9 Å². The number of hydrogen-bond acceptors (Lipinski definition) is 5. The number of para-hydroxylation sites is 2. The van der Waals surface area contributed by atoms with E-state index >= 15 is 0 Å². The lowest BCUT2D eigenvalue weighted by Crippen LogP contribution is -2.36. The Morgan fingerprint density at radius 2 is 2.08 bits per heavy atom. The summed E-state index contributed by atoms with van der Waals surface area (Å²) in [7, 11) is -3.27. The minimum Gasteiger partial charge on any atom is -0.492 e. The third kappa shape index (κ3) is 3.86. The van der Waals surface area contributed by atoms with Gasteiger partial charge in [-0.2, -0.15) is 4.31 Å². The second kappa shape index (κ2) is 7.43. The lowest BCUT2D eigenvalue weighted by Gasteiger charge is -2.27. The maximum Gasteiger partial charge on any atom is 0.257 e. The molecule has 7 nitrogen and oxygen atoms in total. The Hall–Kier alpha value is -2.45. The molecule has 0 bridgehead atoms. The molecular formula is C18H21N3O4S. The third-order valence-electron chi connectivity index (χ3n) is 4.25. The highest BCUT2D eigenvalue weighted by molar-refractivity contribution is 7.88. The molecular weight excluding hydrogens is 354 g/mol. The molecule has 138 valence electrons. The summed E-state index contributed by atoms with van der Waals surface area (Å²) in [6.07, 6.45) is 4.80. The Labute approximate surface area is 153 Å². The zero-order valence-electron chi connectivity index (χ0n) is 14.7. The maximum atomic E-state index is 12.8. The summed E-state index contributed by atoms with van der Waals surface area (Å²) in [5.74, 6) is 0.318. The topological polar surface area (TPSA) is 88.6 Å². The van der Waals surface area contributed by atoms with Crippen molar-refractivity contribution in [2.75, 3.05) is 24.7 Å². The van der Waals surface area contributed by atoms with E-state index in [0.29, 0.717) is 36.6 Å². The molecule has 2 aromatic rings. The minimum atomic E-state index is -3.27. The Balaban J connectivity index is 1.86. The number of ether oxygens (including phenoxy) is 1. The van der Waals surface area contributed by atoms with Gasteiger partial charge in [0, 0.05) is 25.5 Å². The zero-order valence-corrected chi connectivity index (χ0v) is 15.5. The van der Waals surface area contributed by atoms with Gasteiger partial charge in [0.2, 0.25) is 10.0 Å². The third-order valence-corrected chi connectivity index (χ3v) is 5.50. The Bertz CT molecular complexity index is 928. The van der Waals surface area contributed by atoms with Crippen LogP contribution in [0, 0.1) is 0 Å². The van der Waals surface area contributed by atoms with Crippen LogP contribution in [0.25, 0.3) is 0 Å². The van der Waals surface area contributed by atoms with Crippen molar-refractivity contribution in [2.24, 2.45) is 0 Å². The van der Waals surface area contributed by atoms with Crippen LogP contribution in [-0.2, 0) is 23.0 Å². The lowest BCUT2D eigenvalue weighted by molar-refractivity contribution is 0.102. The molecule has 0 atom stereocenters. The molecule has 0 aliphatic carbocycles. The molecule has 0 saturated carbocycles. The van der Waals surface area contributed by atoms with Gasteiger partial charge in [-0.1, -0.05) is 12.1 Å². The number of benzene rings is 1. The molecule has 1 aliphatic heterocycles. The Morgan fingerprint density at radius 3 is 2.81 bits per heavy atom. The quantitative estimate of drug-likeness (QED) is 0.864. The number of carbonyl (C=O) groups excluding carboxylic acids is 1. The van der Waals surface area contributed by atoms with Gasteiger partial charge < -0.3 is 10.1 Å². The van der Waals surface area contributed by atoms with Gasteiger partial charge in [-0.3, -0.25) is 9.78 Å². The second-order valence-electron chi connectivity index (χ2n) is 6.05. The van der Waals surface area contributed by atoms with E-state index in [1.54, 1.807) is 18.3 Å². The molecule has 0 unspecified atom stereocenters. The Morgan fingerprint density at radius 1 is 1.31 bits per heavy atom. The van der Waals surface area contributed by atoms with Crippen molar-refractivity contribution < 1.29 is 17.9 Å². The van der Waals surface area contributed by atoms with Gasteiger partial charge in [0.05, 0.1) is 24.1 Å². The van der Waals surface area contributed by atoms with E-state index in [1.807, 2.05) is 19.1 Å². The van der Waals surface area contributed by atoms with Gasteiger partial charge in [-0.25, -0.2) is 8.42 Å². The average Bonchev–Trinajstić information content (AvgIpc) is 2.61. The van der Waals surface area contributed by atoms with Crippen LogP contribution in [0.1, 0.15) is 28.4 Å². The van der Waals surface area contributed by atoms with Gasteiger partial charge in [0.15, 0.2) is 0 Å². The van der Waals surface area contributed by atoms with Crippen molar-refractivity contribution >= 4 is 21.6 Å². The maximum absolute atomic E-state index is 12.8. The molecule has 1 aromatic heterocycles. The van der Waals surface area contributed by atoms with Gasteiger partial charge in [-0.05, 0) is 36.6 Å². The van der Waals surface area contributed by atoms with E-state index in [0.717, 1.165) is 11.1 Å². The number of carbonyl (C=O) groups is 1. The molecule has 0 fully saturated rings. The number of anilines is 1. The van der Waals surface area contributed by atoms with Gasteiger partial charge in [0.1, 0.15) is 5.75 Å². The zero-order chi connectivity index (χ0) is 18.7. The van der Waals surface area contributed by atoms with Crippen LogP contribution in [0.5, 0.6) is 5.75 Å². The van der Waals surface area contributed by atoms with Crippen molar-refractivity contribution in [1.29, 1.82) is 0 Å². The first-order valence-corrected chi connectivity index (χ1v) is 10.2. The van der Waals surface area contributed by atoms with Crippen LogP contribution in [0.3, 0.4) is 0 Å². The van der Waals surface area contributed by atoms with Crippen LogP contribution in [0.15, 0.2) is 36.7 Å². The molecule has 1 amide bonds. The minimum absolute atomic E-state index is 0.234. The van der Waals surface area contributed by atoms with Crippen LogP contribution in [0.4, 0.5) is 5.69 Å². The first-order chi connectivity index (χ1) is 12.4. The fraction of sp³-hybridized carbons (Fsp3) is 0.333. The summed E-state index contributed by atoms with van der Waals surface area (Å²) in [5, 5.41) is 2.87. The summed E-state index contributed by atoms with van der Waals surface area (Å²) in [5.41, 5.74) is 2.64. The first-order valence-electron chi connectivity index (χ1n) is 8.34. The SMILES string of the molecule is CCOc1ccccc1NC(=O)c1cncc2c1CCN(S(C)(=O)=O)C2. The number of rotatable bonds is 5. The fourth-order valence-electron chi connectivity index (χ4n) is 2.99. The summed E-state index contributed by atoms with van der Waals surface area (Å²) >= 11 is 0. The summed E-state index contributed by atoms with van der Waals surface area (Å²) < 4.78 is 30.5. The predicted octanol–water partition coefficient (Wildman–Crippen LogP) is 2.05. The number of amides is 1. The highest BCUT2D eigenvalue weighted by Gasteiger charge is 2.26. The monoisotopic (exact) mass is 375 g/mol. The standard InChI is InChI=1S/C18H21N3O4S/c1-3-25-17-7-5-4-6-16(17)20-18(22)15-11-19-10-13-12-21(26(2,23)24)9-8-14(13)15/h4-7,10-11H,3,8-9,12H2,1-2H3,(H,20,22). The van der Waals surface area contributed by atoms with E-state index in [9.17, 15) is 13.2 Å². The van der Waals surface area contributed by atoms with Crippen molar-refractivity contribution in [1.82, 2.24) is 9.29 Å². The fourth-order valence-corrected chi connectivity index (χ4v) is 3.78. The molecule has 0 spiro atoms. The highest BCUT2D eigenvalue weighted by atomic mass is 32.2. The molecule has 26 heavy (non-hydrogen) atoms. The number of hydrogen-bond donors (Lipinski definition) is 1. The van der Waals surface area contributed by atoms with Crippen LogP contribution >= 0.6 is 0 Å². The van der Waals surface area contributed by atoms with Crippen LogP contribution < -0.4 is 10.1 Å². The predicted molar refractivity (Wildman–Crippen MR) is 98.8 cm³/mol. The number of sulfonamides is 1. The van der Waals surface area contributed by atoms with Crippen molar-refractivity contribution in [3.05, 3.63) is 53.3 Å². The largest absolute Gasteiger partial charge is 0.492 e. The first kappa shape index (κ1) is 18.3. The average molecular weight is 375 g/mol. The number of aromatic nitrogens is 1. The van der Waals surface area contributed by atoms with Gasteiger partial charge in [-0.15, -0.1) is 0 Å². The van der Waals surface area contributed by atoms with Crippen molar-refractivity contribution in [3.63, 3.8) is 0 Å². The molecule has 1 aliphatic rings.